The molecule has 4 nitrogen and oxygen atoms in total. The molecule has 0 amide bonds. The first-order valence-corrected chi connectivity index (χ1v) is 38.5. The maximum atomic E-state index is 10.3. The number of fused-ring (bicyclic) bond motifs is 17. The Morgan fingerprint density at radius 1 is 0.266 bits per heavy atom. The van der Waals surface area contributed by atoms with E-state index in [0.717, 1.165) is 149 Å². The van der Waals surface area contributed by atoms with Crippen LogP contribution in [0.5, 0.6) is 0 Å². The van der Waals surface area contributed by atoms with Gasteiger partial charge in [-0.25, -0.2) is 0 Å². The van der Waals surface area contributed by atoms with Gasteiger partial charge in [0.05, 0.1) is 49.9 Å². The van der Waals surface area contributed by atoms with Crippen molar-refractivity contribution in [1.29, 1.82) is 0 Å². The molecule has 19 rings (SSSR count). The van der Waals surface area contributed by atoms with Gasteiger partial charge in [-0.2, -0.15) is 0 Å². The van der Waals surface area contributed by atoms with E-state index in [1.807, 2.05) is 0 Å². The molecular formula is C104H93BN4. The summed E-state index contributed by atoms with van der Waals surface area (Å²) in [5.41, 5.74) is 22.7. The number of nitrogens with zero attached hydrogens (tertiary/aromatic N) is 4. The monoisotopic (exact) mass is 1420 g/mol. The van der Waals surface area contributed by atoms with Crippen LogP contribution in [0.1, 0.15) is 143 Å². The largest absolute Gasteiger partial charge is 0.310 e. The highest BCUT2D eigenvalue weighted by Crippen LogP contribution is 2.53. The van der Waals surface area contributed by atoms with Gasteiger partial charge in [-0.05, 0) is 200 Å². The molecular weight excluding hydrogens is 1320 g/mol. The summed E-state index contributed by atoms with van der Waals surface area (Å²) in [7, 11) is 0. The highest BCUT2D eigenvalue weighted by Gasteiger charge is 2.44. The van der Waals surface area contributed by atoms with Gasteiger partial charge in [0, 0.05) is 71.7 Å². The van der Waals surface area contributed by atoms with Crippen molar-refractivity contribution in [3.63, 3.8) is 0 Å². The molecule has 0 bridgehead atoms. The van der Waals surface area contributed by atoms with Crippen molar-refractivity contribution in [3.05, 3.63) is 319 Å². The van der Waals surface area contributed by atoms with Crippen LogP contribution in [0.15, 0.2) is 291 Å². The number of aromatic nitrogens is 3. The molecule has 0 atom stereocenters. The van der Waals surface area contributed by atoms with Crippen LogP contribution in [-0.4, -0.2) is 20.4 Å². The van der Waals surface area contributed by atoms with Crippen LogP contribution in [0.4, 0.5) is 17.1 Å². The predicted octanol–water partition coefficient (Wildman–Crippen LogP) is 26.5. The first kappa shape index (κ1) is 59.4. The molecule has 0 saturated carbocycles. The third-order valence-corrected chi connectivity index (χ3v) is 23.4. The van der Waals surface area contributed by atoms with E-state index in [4.69, 9.17) is 0 Å². The van der Waals surface area contributed by atoms with Gasteiger partial charge in [0.1, 0.15) is 0 Å². The molecule has 5 heteroatoms. The normalized spacial score (nSPS) is 14.3. The summed E-state index contributed by atoms with van der Waals surface area (Å²) in [6, 6.07) is 86.5. The molecule has 0 radical (unpaired) electrons. The van der Waals surface area contributed by atoms with Crippen molar-refractivity contribution in [3.8, 4) is 50.4 Å². The summed E-state index contributed by atoms with van der Waals surface area (Å²) in [5.74, 6) is 0. The Hall–Kier alpha value is -11.7. The molecule has 5 heterocycles. The topological polar surface area (TPSA) is 18.0 Å². The fourth-order valence-electron chi connectivity index (χ4n) is 17.6. The summed E-state index contributed by atoms with van der Waals surface area (Å²) in [6.07, 6.45) is 0. The van der Waals surface area contributed by atoms with E-state index in [1.54, 1.807) is 4.57 Å². The van der Waals surface area contributed by atoms with Crippen molar-refractivity contribution in [2.24, 2.45) is 0 Å². The molecule has 0 fully saturated rings. The second-order valence-corrected chi connectivity index (χ2v) is 35.6. The van der Waals surface area contributed by atoms with Crippen molar-refractivity contribution < 1.29 is 11.0 Å². The fraction of sp³-hybridized carbons (Fsp3) is 0.192. The molecule has 0 saturated heterocycles. The lowest BCUT2D eigenvalue weighted by Crippen LogP contribution is -2.60. The third-order valence-electron chi connectivity index (χ3n) is 23.4. The maximum Gasteiger partial charge on any atom is 0.252 e. The maximum absolute atomic E-state index is 10.3. The number of hydrogen-bond acceptors (Lipinski definition) is 1. The van der Waals surface area contributed by atoms with Gasteiger partial charge in [-0.15, -0.1) is 0 Å². The molecule has 109 heavy (non-hydrogen) atoms. The summed E-state index contributed by atoms with van der Waals surface area (Å²) >= 11 is 0. The molecule has 0 spiro atoms. The van der Waals surface area contributed by atoms with Crippen LogP contribution in [-0.2, 0) is 27.1 Å². The van der Waals surface area contributed by atoms with Gasteiger partial charge >= 0.3 is 0 Å². The van der Waals surface area contributed by atoms with Crippen molar-refractivity contribution in [1.82, 2.24) is 13.7 Å². The summed E-state index contributed by atoms with van der Waals surface area (Å²) in [6.45, 7) is 33.8. The van der Waals surface area contributed by atoms with Gasteiger partial charge in [-0.1, -0.05) is 310 Å². The first-order chi connectivity index (χ1) is 55.6. The zero-order valence-corrected chi connectivity index (χ0v) is 65.0. The van der Waals surface area contributed by atoms with Gasteiger partial charge in [-0.3, -0.25) is 0 Å². The number of rotatable bonds is 6. The van der Waals surface area contributed by atoms with Crippen LogP contribution < -0.4 is 21.3 Å². The number of hydrogen-bond donors (Lipinski definition) is 0. The van der Waals surface area contributed by atoms with Crippen LogP contribution in [0, 0.1) is 0 Å². The lowest BCUT2D eigenvalue weighted by Gasteiger charge is -2.43. The van der Waals surface area contributed by atoms with Crippen LogP contribution in [0.2, 0.25) is 0 Å². The van der Waals surface area contributed by atoms with Gasteiger partial charge in [0.15, 0.2) is 0 Å². The molecule has 17 aromatic rings. The van der Waals surface area contributed by atoms with Crippen molar-refractivity contribution >= 4 is 127 Å². The van der Waals surface area contributed by atoms with Gasteiger partial charge in [0.2, 0.25) is 0 Å². The Morgan fingerprint density at radius 2 is 0.688 bits per heavy atom. The molecule has 2 aliphatic heterocycles. The average Bonchev–Trinajstić information content (AvgIpc) is 1.62. The number of benzene rings is 14. The van der Waals surface area contributed by atoms with E-state index in [9.17, 15) is 11.0 Å². The predicted molar refractivity (Wildman–Crippen MR) is 471 cm³/mol. The van der Waals surface area contributed by atoms with E-state index < -0.39 is 43.0 Å². The average molecular weight is 1420 g/mol. The van der Waals surface area contributed by atoms with E-state index in [1.165, 1.54) is 22.3 Å². The minimum atomic E-state index is -0.576. The van der Waals surface area contributed by atoms with Crippen LogP contribution >= 0.6 is 0 Å². The van der Waals surface area contributed by atoms with E-state index in [2.05, 4.69) is 361 Å². The summed E-state index contributed by atoms with van der Waals surface area (Å²) in [5, 5.41) is 8.45. The highest BCUT2D eigenvalue weighted by atomic mass is 15.2. The van der Waals surface area contributed by atoms with Crippen molar-refractivity contribution in [2.45, 2.75) is 131 Å². The molecule has 0 aliphatic carbocycles. The van der Waals surface area contributed by atoms with Crippen molar-refractivity contribution in [2.75, 3.05) is 4.90 Å². The van der Waals surface area contributed by atoms with Crippen LogP contribution in [0.25, 0.3) is 137 Å². The quantitative estimate of drug-likeness (QED) is 0.152. The lowest BCUT2D eigenvalue weighted by atomic mass is 9.33. The van der Waals surface area contributed by atoms with Gasteiger partial charge in [0.25, 0.3) is 6.71 Å². The zero-order valence-electron chi connectivity index (χ0n) is 73.0. The number of anilines is 3. The standard InChI is InChI=1S/C104H93BN4/c1-100(2,3)68-46-50-92-84(57-68)85-58-69(101(4,5)6)47-51-93(85)106(92)73-48-49-87-94(61-73)109(98-82(64-32-18-16-19-33-64)59-72(104(13,14)15)60-83(98)65-34-20-17-21-35-65)96-63-74(107-89-43-29-27-41-80(89)81-42-28-30-44-90(81)107)62-95-97(96)105(87)88-55-67(66-52-70(102(7,8)9)56-71(53-66)103(10,11)12)54-86-78-39-25-23-37-76(78)75-36-22-24-38-77(75)79-40-26-31-45-91(79)108(95)99(86)88/h16-63H,1-15H3/i27D,28D,29D,30D,41D,42D,43D,44D. The second-order valence-electron chi connectivity index (χ2n) is 35.6. The molecule has 532 valence electrons. The molecule has 0 N–H and O–H groups in total. The zero-order chi connectivity index (χ0) is 82.1. The van der Waals surface area contributed by atoms with E-state index in [-0.39, 0.29) is 61.0 Å². The minimum Gasteiger partial charge on any atom is -0.310 e. The third kappa shape index (κ3) is 10.9. The van der Waals surface area contributed by atoms with Crippen LogP contribution in [0.3, 0.4) is 0 Å². The number of para-hydroxylation sites is 3. The Balaban J connectivity index is 1.10. The SMILES string of the molecule is [2H]c1c([2H])c([2H])c2c(c1[2H])c1c([2H])c([2H])c([2H])c([2H])c1n2-c1cc2c3c(c1)-n1c4ccccc4c4ccccc4c4ccccc4c4cc(-c5cc(C(C)(C)C)cc(C(C)(C)C)c5)cc(c41)B3c1ccc(-n3c4ccc(C(C)(C)C)cc4c4cc(C(C)(C)C)ccc43)cc1N2c1c(-c2ccccc2)cc(C(C)(C)C)cc1-c1ccccc1. The first-order valence-electron chi connectivity index (χ1n) is 42.5. The van der Waals surface area contributed by atoms with E-state index in [0.29, 0.717) is 5.69 Å². The van der Waals surface area contributed by atoms with E-state index >= 15 is 0 Å². The Morgan fingerprint density at radius 3 is 1.21 bits per heavy atom. The Bertz CT molecular complexity index is 7010. The molecule has 2 aliphatic rings. The second kappa shape index (κ2) is 24.4. The molecule has 14 aromatic carbocycles. The fourth-order valence-corrected chi connectivity index (χ4v) is 17.6. The molecule has 0 unspecified atom stereocenters. The summed E-state index contributed by atoms with van der Waals surface area (Å²) < 4.78 is 85.0. The Labute approximate surface area is 653 Å². The highest BCUT2D eigenvalue weighted by molar-refractivity contribution is 7.00. The minimum absolute atomic E-state index is 0.00313. The summed E-state index contributed by atoms with van der Waals surface area (Å²) in [4.78, 5) is 2.50. The molecule has 3 aromatic heterocycles. The smallest absolute Gasteiger partial charge is 0.252 e. The van der Waals surface area contributed by atoms with Gasteiger partial charge < -0.3 is 18.6 Å². The Kier molecular flexibility index (Phi) is 13.3. The lowest BCUT2D eigenvalue weighted by molar-refractivity contribution is 0.569.